The number of halogens is 7. The quantitative estimate of drug-likeness (QED) is 0.118. The van der Waals surface area contributed by atoms with Crippen LogP contribution in [0.4, 0.5) is 32.2 Å². The number of anilines is 1. The Morgan fingerprint density at radius 3 is 2.36 bits per heavy atom. The summed E-state index contributed by atoms with van der Waals surface area (Å²) in [6.07, 6.45) is 0.190. The Kier molecular flexibility index (Phi) is 9.34. The minimum Gasteiger partial charge on any atom is -0.368 e. The first-order valence-corrected chi connectivity index (χ1v) is 19.8. The Morgan fingerprint density at radius 2 is 1.72 bits per heavy atom. The molecule has 2 aromatic carbocycles. The van der Waals surface area contributed by atoms with E-state index in [1.165, 1.54) is 42.3 Å². The molecule has 4 heterocycles. The molecule has 2 aliphatic carbocycles. The molecule has 6 aromatic rings. The first-order chi connectivity index (χ1) is 27.3. The maximum Gasteiger partial charge on any atom is 0.293 e. The highest BCUT2D eigenvalue weighted by atomic mass is 35.5. The fraction of sp³-hybridized carbons (Fsp3) is 0.289. The van der Waals surface area contributed by atoms with Crippen molar-refractivity contribution in [2.75, 3.05) is 11.0 Å². The summed E-state index contributed by atoms with van der Waals surface area (Å²) in [7, 11) is -0.642. The molecule has 3 N–H and O–H groups in total. The monoisotopic (exact) mass is 841 g/mol. The first kappa shape index (κ1) is 39.0. The van der Waals surface area contributed by atoms with Crippen molar-refractivity contribution in [2.24, 2.45) is 25.7 Å². The molecule has 0 aliphatic heterocycles. The van der Waals surface area contributed by atoms with Crippen molar-refractivity contribution in [3.05, 3.63) is 111 Å². The highest BCUT2D eigenvalue weighted by Crippen LogP contribution is 2.68. The molecule has 0 spiro atoms. The minimum absolute atomic E-state index is 0.0585. The fourth-order valence-electron chi connectivity index (χ4n) is 7.95. The predicted octanol–water partition coefficient (Wildman–Crippen LogP) is 6.47. The second-order valence-corrected chi connectivity index (χ2v) is 16.5. The Bertz CT molecular complexity index is 2840. The zero-order valence-corrected chi connectivity index (χ0v) is 32.1. The molecule has 0 bridgehead atoms. The molecule has 0 radical (unpaired) electrons. The van der Waals surface area contributed by atoms with E-state index in [1.807, 2.05) is 0 Å². The van der Waals surface area contributed by atoms with Crippen molar-refractivity contribution < 1.29 is 39.6 Å². The van der Waals surface area contributed by atoms with Gasteiger partial charge in [0.05, 0.1) is 34.2 Å². The van der Waals surface area contributed by atoms with E-state index in [0.29, 0.717) is 16.4 Å². The van der Waals surface area contributed by atoms with E-state index in [1.54, 1.807) is 17.8 Å². The Morgan fingerprint density at radius 1 is 1.03 bits per heavy atom. The number of amides is 1. The number of sulfonamides is 1. The number of fused-ring (bicyclic) bond motifs is 4. The summed E-state index contributed by atoms with van der Waals surface area (Å²) < 4.78 is 121. The van der Waals surface area contributed by atoms with Gasteiger partial charge in [-0.25, -0.2) is 40.6 Å². The summed E-state index contributed by atoms with van der Waals surface area (Å²) in [5.74, 6) is -5.14. The van der Waals surface area contributed by atoms with E-state index in [9.17, 15) is 30.8 Å². The van der Waals surface area contributed by atoms with E-state index in [-0.39, 0.29) is 61.8 Å². The maximum atomic E-state index is 16.1. The number of primary amides is 1. The normalized spacial score (nSPS) is 17.8. The van der Waals surface area contributed by atoms with Gasteiger partial charge in [-0.3, -0.25) is 14.2 Å². The maximum absolute atomic E-state index is 16.1. The lowest BCUT2D eigenvalue weighted by Crippen LogP contribution is -2.37. The number of aromatic nitrogens is 7. The number of alkyl halides is 4. The van der Waals surface area contributed by atoms with Gasteiger partial charge in [0, 0.05) is 54.9 Å². The van der Waals surface area contributed by atoms with Crippen LogP contribution >= 0.6 is 11.6 Å². The number of aryl methyl sites for hydroxylation is 2. The van der Waals surface area contributed by atoms with Gasteiger partial charge >= 0.3 is 0 Å². The number of hydrogen-bond donors (Lipinski definition) is 2. The fourth-order valence-corrected chi connectivity index (χ4v) is 8.68. The Labute approximate surface area is 331 Å². The summed E-state index contributed by atoms with van der Waals surface area (Å²) in [5.41, 5.74) is 4.78. The lowest BCUT2D eigenvalue weighted by molar-refractivity contribution is -0.122. The molecule has 8 rings (SSSR count). The highest BCUT2D eigenvalue weighted by Gasteiger charge is 2.67. The van der Waals surface area contributed by atoms with Gasteiger partial charge in [-0.2, -0.15) is 19.0 Å². The number of rotatable bonds is 10. The van der Waals surface area contributed by atoms with Crippen molar-refractivity contribution in [2.45, 2.75) is 43.1 Å². The molecule has 1 fully saturated rings. The molecule has 4 aromatic heterocycles. The predicted molar refractivity (Wildman–Crippen MR) is 200 cm³/mol. The van der Waals surface area contributed by atoms with Crippen LogP contribution in [0.1, 0.15) is 70.3 Å². The largest absolute Gasteiger partial charge is 0.368 e. The van der Waals surface area contributed by atoms with Crippen molar-refractivity contribution in [1.82, 2.24) is 34.1 Å². The van der Waals surface area contributed by atoms with E-state index >= 15 is 8.78 Å². The summed E-state index contributed by atoms with van der Waals surface area (Å²) >= 11 is 6.62. The number of benzene rings is 2. The third-order valence-electron chi connectivity index (χ3n) is 10.2. The third kappa shape index (κ3) is 6.83. The van der Waals surface area contributed by atoms with Gasteiger partial charge in [-0.1, -0.05) is 17.7 Å². The molecular weight excluding hydrogens is 812 g/mol. The molecule has 0 saturated heterocycles. The van der Waals surface area contributed by atoms with Gasteiger partial charge in [0.25, 0.3) is 12.3 Å². The van der Waals surface area contributed by atoms with Crippen molar-refractivity contribution in [1.29, 1.82) is 0 Å². The Hall–Kier alpha value is -5.87. The van der Waals surface area contributed by atoms with Crippen LogP contribution in [0, 0.1) is 29.4 Å². The van der Waals surface area contributed by atoms with Crippen LogP contribution < -0.4 is 10.5 Å². The van der Waals surface area contributed by atoms with Gasteiger partial charge in [0.1, 0.15) is 40.5 Å². The van der Waals surface area contributed by atoms with E-state index in [2.05, 4.69) is 31.7 Å². The molecule has 12 nitrogen and oxygen atoms in total. The molecule has 58 heavy (non-hydrogen) atoms. The van der Waals surface area contributed by atoms with E-state index in [4.69, 9.17) is 22.3 Å². The zero-order chi connectivity index (χ0) is 41.6. The molecule has 2 aliphatic rings. The number of carbonyl (C=O) groups is 1. The number of nitrogens with zero attached hydrogens (tertiary/aromatic N) is 7. The molecule has 1 amide bonds. The number of nitrogens with one attached hydrogen (secondary N) is 1. The van der Waals surface area contributed by atoms with Crippen LogP contribution in [0.5, 0.6) is 0 Å². The van der Waals surface area contributed by atoms with E-state index < -0.39 is 81.5 Å². The molecule has 20 heteroatoms. The number of hydrogen-bond acceptors (Lipinski definition) is 7. The van der Waals surface area contributed by atoms with Gasteiger partial charge in [0.2, 0.25) is 15.9 Å². The van der Waals surface area contributed by atoms with Gasteiger partial charge in [-0.05, 0) is 66.5 Å². The highest BCUT2D eigenvalue weighted by molar-refractivity contribution is 7.92. The average Bonchev–Trinajstić information content (AvgIpc) is 3.36. The van der Waals surface area contributed by atoms with Crippen LogP contribution in [0.2, 0.25) is 5.02 Å². The van der Waals surface area contributed by atoms with Crippen molar-refractivity contribution >= 4 is 44.3 Å². The van der Waals surface area contributed by atoms with E-state index in [0.717, 1.165) is 18.4 Å². The number of nitrogens with two attached hydrogens (primary N) is 1. The second kappa shape index (κ2) is 13.9. The molecule has 4 atom stereocenters. The van der Waals surface area contributed by atoms with Crippen LogP contribution in [-0.2, 0) is 41.3 Å². The topological polar surface area (TPSA) is 156 Å². The summed E-state index contributed by atoms with van der Waals surface area (Å²) in [6, 6.07) is 6.55. The standard InChI is InChI=1S/C38H30ClF6N9O3S/c1-52-15-21(47-16-52)5-4-20-6-7-22(23-8-9-27(39)29-32(23)53(2)50-37(29)51-58(3,56)57)30(48-20)25(12-17-10-18(40)13-19(41)11-17)33(36(46)55)54-34-28(31(49-54)35(42)43)24-14-26(24)38(34,44)45/h6-11,13,15-16,24-26,33,35H,12,14H2,1-3H3,(H2,46,55)(H,50,51)/t24-,25+,26+,33?/m0/s1. The van der Waals surface area contributed by atoms with Crippen LogP contribution in [0.3, 0.4) is 0 Å². The smallest absolute Gasteiger partial charge is 0.293 e. The molecular formula is C38H30ClF6N9O3S. The lowest BCUT2D eigenvalue weighted by Gasteiger charge is -2.29. The zero-order valence-electron chi connectivity index (χ0n) is 30.5. The van der Waals surface area contributed by atoms with Gasteiger partial charge < -0.3 is 10.3 Å². The van der Waals surface area contributed by atoms with Gasteiger partial charge in [-0.15, -0.1) is 0 Å². The summed E-state index contributed by atoms with van der Waals surface area (Å²) in [5, 5.41) is 8.50. The number of imidazole rings is 1. The summed E-state index contributed by atoms with van der Waals surface area (Å²) in [6.45, 7) is 0. The molecule has 300 valence electrons. The SMILES string of the molecule is Cn1cnc(C#Cc2ccc(-c3ccc(Cl)c4c(NS(C)(=O)=O)nn(C)c34)c([C@@H](Cc3cc(F)cc(F)c3)C(C(N)=O)n3nc(C(F)F)c4c3C(F)(F)[C@@H]3C[C@H]43)n2)c1. The Balaban J connectivity index is 1.43. The van der Waals surface area contributed by atoms with Crippen LogP contribution in [0.25, 0.3) is 22.0 Å². The molecule has 1 unspecified atom stereocenters. The van der Waals surface area contributed by atoms with Crippen LogP contribution in [-0.4, -0.2) is 54.7 Å². The third-order valence-corrected chi connectivity index (χ3v) is 11.1. The minimum atomic E-state index is -3.87. The van der Waals surface area contributed by atoms with Crippen LogP contribution in [0.15, 0.2) is 55.0 Å². The molecule has 1 saturated carbocycles. The second-order valence-electron chi connectivity index (χ2n) is 14.4. The first-order valence-electron chi connectivity index (χ1n) is 17.5. The van der Waals surface area contributed by atoms with Crippen molar-refractivity contribution in [3.8, 4) is 23.0 Å². The number of pyridine rings is 1. The average molecular weight is 842 g/mol. The number of carbonyl (C=O) groups excluding carboxylic acids is 1. The van der Waals surface area contributed by atoms with Gasteiger partial charge in [0.15, 0.2) is 5.82 Å². The van der Waals surface area contributed by atoms with Crippen molar-refractivity contribution in [3.63, 3.8) is 0 Å². The summed E-state index contributed by atoms with van der Waals surface area (Å²) in [4.78, 5) is 22.8. The lowest BCUT2D eigenvalue weighted by atomic mass is 9.84.